The van der Waals surface area contributed by atoms with Gasteiger partial charge in [-0.15, -0.1) is 0 Å². The van der Waals surface area contributed by atoms with E-state index in [2.05, 4.69) is 12.2 Å². The van der Waals surface area contributed by atoms with Crippen molar-refractivity contribution in [3.8, 4) is 0 Å². The van der Waals surface area contributed by atoms with Crippen molar-refractivity contribution in [3.63, 3.8) is 0 Å². The topological polar surface area (TPSA) is 12.0 Å². The third-order valence-electron chi connectivity index (χ3n) is 4.99. The zero-order valence-corrected chi connectivity index (χ0v) is 12.8. The van der Waals surface area contributed by atoms with Crippen molar-refractivity contribution in [2.45, 2.75) is 45.2 Å². The second-order valence-corrected chi connectivity index (χ2v) is 7.16. The molecule has 104 valence electrons. The molecule has 1 aromatic rings. The highest BCUT2D eigenvalue weighted by molar-refractivity contribution is 6.34. The summed E-state index contributed by atoms with van der Waals surface area (Å²) in [4.78, 5) is 0. The Morgan fingerprint density at radius 2 is 1.89 bits per heavy atom. The molecule has 0 aliphatic heterocycles. The molecular weight excluding hydrogens is 277 g/mol. The molecule has 19 heavy (non-hydrogen) atoms. The van der Waals surface area contributed by atoms with Crippen molar-refractivity contribution in [1.82, 2.24) is 5.32 Å². The first-order valence-electron chi connectivity index (χ1n) is 7.30. The Hall–Kier alpha value is -0.240. The van der Waals surface area contributed by atoms with Crippen LogP contribution < -0.4 is 5.32 Å². The standard InChI is InChI=1S/C16H21Cl2N/c1-10(16-7-11-2-3-13(16)4-11)19-9-12-5-14(17)8-15(18)6-12/h5-6,8,10-11,13,16,19H,2-4,7,9H2,1H3. The van der Waals surface area contributed by atoms with Gasteiger partial charge in [0.05, 0.1) is 0 Å². The Kier molecular flexibility index (Phi) is 4.07. The van der Waals surface area contributed by atoms with Crippen LogP contribution in [0.3, 0.4) is 0 Å². The molecule has 3 heteroatoms. The minimum Gasteiger partial charge on any atom is -0.310 e. The number of hydrogen-bond donors (Lipinski definition) is 1. The largest absolute Gasteiger partial charge is 0.310 e. The van der Waals surface area contributed by atoms with Gasteiger partial charge >= 0.3 is 0 Å². The maximum Gasteiger partial charge on any atom is 0.0424 e. The zero-order chi connectivity index (χ0) is 13.4. The van der Waals surface area contributed by atoms with Gasteiger partial charge in [0.1, 0.15) is 0 Å². The van der Waals surface area contributed by atoms with E-state index in [1.165, 1.54) is 31.2 Å². The summed E-state index contributed by atoms with van der Waals surface area (Å²) in [7, 11) is 0. The predicted molar refractivity (Wildman–Crippen MR) is 81.7 cm³/mol. The molecule has 0 heterocycles. The number of hydrogen-bond acceptors (Lipinski definition) is 1. The summed E-state index contributed by atoms with van der Waals surface area (Å²) in [5, 5.41) is 5.10. The van der Waals surface area contributed by atoms with E-state index < -0.39 is 0 Å². The highest BCUT2D eigenvalue weighted by atomic mass is 35.5. The molecule has 0 aromatic heterocycles. The van der Waals surface area contributed by atoms with Gasteiger partial charge in [-0.3, -0.25) is 0 Å². The van der Waals surface area contributed by atoms with Gasteiger partial charge in [-0.2, -0.15) is 0 Å². The van der Waals surface area contributed by atoms with Crippen molar-refractivity contribution in [2.75, 3.05) is 0 Å². The Morgan fingerprint density at radius 1 is 1.16 bits per heavy atom. The Balaban J connectivity index is 1.57. The smallest absolute Gasteiger partial charge is 0.0424 e. The van der Waals surface area contributed by atoms with Crippen LogP contribution in [0.5, 0.6) is 0 Å². The molecule has 0 amide bonds. The quantitative estimate of drug-likeness (QED) is 0.833. The van der Waals surface area contributed by atoms with Crippen LogP contribution in [0, 0.1) is 17.8 Å². The van der Waals surface area contributed by atoms with E-state index in [0.717, 1.165) is 34.3 Å². The monoisotopic (exact) mass is 297 g/mol. The summed E-state index contributed by atoms with van der Waals surface area (Å²) < 4.78 is 0. The molecule has 4 unspecified atom stereocenters. The molecule has 2 fully saturated rings. The van der Waals surface area contributed by atoms with Crippen LogP contribution in [0.4, 0.5) is 0 Å². The number of fused-ring (bicyclic) bond motifs is 2. The Labute approximate surface area is 125 Å². The lowest BCUT2D eigenvalue weighted by Crippen LogP contribution is -2.35. The summed E-state index contributed by atoms with van der Waals surface area (Å²) in [6.45, 7) is 3.19. The molecule has 0 radical (unpaired) electrons. The van der Waals surface area contributed by atoms with Gasteiger partial charge in [-0.1, -0.05) is 29.6 Å². The Morgan fingerprint density at radius 3 is 2.47 bits per heavy atom. The van der Waals surface area contributed by atoms with Crippen LogP contribution in [-0.4, -0.2) is 6.04 Å². The molecule has 1 nitrogen and oxygen atoms in total. The highest BCUT2D eigenvalue weighted by Crippen LogP contribution is 2.49. The number of benzene rings is 1. The maximum absolute atomic E-state index is 6.03. The normalized spacial score (nSPS) is 30.8. The first-order valence-corrected chi connectivity index (χ1v) is 8.06. The average Bonchev–Trinajstić information content (AvgIpc) is 2.97. The molecule has 1 aromatic carbocycles. The Bertz CT molecular complexity index is 440. The summed E-state index contributed by atoms with van der Waals surface area (Å²) in [6, 6.07) is 6.36. The van der Waals surface area contributed by atoms with Gasteiger partial charge in [0.2, 0.25) is 0 Å². The maximum atomic E-state index is 6.03. The van der Waals surface area contributed by atoms with Crippen LogP contribution in [0.25, 0.3) is 0 Å². The van der Waals surface area contributed by atoms with Crippen LogP contribution in [0.2, 0.25) is 10.0 Å². The van der Waals surface area contributed by atoms with Crippen LogP contribution in [0.15, 0.2) is 18.2 Å². The van der Waals surface area contributed by atoms with Crippen LogP contribution in [-0.2, 0) is 6.54 Å². The van der Waals surface area contributed by atoms with Crippen molar-refractivity contribution >= 4 is 23.2 Å². The molecule has 3 rings (SSSR count). The van der Waals surface area contributed by atoms with E-state index in [1.54, 1.807) is 6.07 Å². The number of nitrogens with one attached hydrogen (secondary N) is 1. The lowest BCUT2D eigenvalue weighted by Gasteiger charge is -2.28. The first-order chi connectivity index (χ1) is 9.11. The minimum absolute atomic E-state index is 0.591. The van der Waals surface area contributed by atoms with Gasteiger partial charge in [0, 0.05) is 22.6 Å². The van der Waals surface area contributed by atoms with E-state index in [0.29, 0.717) is 6.04 Å². The van der Waals surface area contributed by atoms with Crippen LogP contribution in [0.1, 0.15) is 38.2 Å². The van der Waals surface area contributed by atoms with E-state index in [-0.39, 0.29) is 0 Å². The molecule has 1 N–H and O–H groups in total. The van der Waals surface area contributed by atoms with Crippen LogP contribution >= 0.6 is 23.2 Å². The second kappa shape index (κ2) is 5.63. The van der Waals surface area contributed by atoms with E-state index >= 15 is 0 Å². The fraction of sp³-hybridized carbons (Fsp3) is 0.625. The zero-order valence-electron chi connectivity index (χ0n) is 11.3. The highest BCUT2D eigenvalue weighted by Gasteiger charge is 2.41. The average molecular weight is 298 g/mol. The van der Waals surface area contributed by atoms with Gasteiger partial charge in [-0.05, 0) is 67.7 Å². The molecule has 0 spiro atoms. The third-order valence-corrected chi connectivity index (χ3v) is 5.42. The van der Waals surface area contributed by atoms with E-state index in [4.69, 9.17) is 23.2 Å². The molecular formula is C16H21Cl2N. The second-order valence-electron chi connectivity index (χ2n) is 6.29. The number of rotatable bonds is 4. The van der Waals surface area contributed by atoms with Crippen molar-refractivity contribution in [3.05, 3.63) is 33.8 Å². The number of halogens is 2. The lowest BCUT2D eigenvalue weighted by atomic mass is 9.84. The van der Waals surface area contributed by atoms with Gasteiger partial charge in [0.25, 0.3) is 0 Å². The molecule has 2 saturated carbocycles. The van der Waals surface area contributed by atoms with E-state index in [1.807, 2.05) is 12.1 Å². The third kappa shape index (κ3) is 3.09. The molecule has 2 aliphatic rings. The van der Waals surface area contributed by atoms with Crippen molar-refractivity contribution in [2.24, 2.45) is 17.8 Å². The van der Waals surface area contributed by atoms with Gasteiger partial charge in [-0.25, -0.2) is 0 Å². The van der Waals surface area contributed by atoms with Crippen molar-refractivity contribution in [1.29, 1.82) is 0 Å². The molecule has 0 saturated heterocycles. The lowest BCUT2D eigenvalue weighted by molar-refractivity contribution is 0.259. The minimum atomic E-state index is 0.591. The first kappa shape index (κ1) is 13.7. The summed E-state index contributed by atoms with van der Waals surface area (Å²) in [5.41, 5.74) is 1.17. The predicted octanol–water partition coefficient (Wildman–Crippen LogP) is 4.91. The molecule has 4 atom stereocenters. The van der Waals surface area contributed by atoms with E-state index in [9.17, 15) is 0 Å². The molecule has 2 bridgehead atoms. The summed E-state index contributed by atoms with van der Waals surface area (Å²) >= 11 is 12.1. The SMILES string of the molecule is CC(NCc1cc(Cl)cc(Cl)c1)C1CC2CCC1C2. The van der Waals surface area contributed by atoms with Crippen molar-refractivity contribution < 1.29 is 0 Å². The fourth-order valence-electron chi connectivity index (χ4n) is 4.05. The summed E-state index contributed by atoms with van der Waals surface area (Å²) in [6.07, 6.45) is 5.82. The van der Waals surface area contributed by atoms with Gasteiger partial charge < -0.3 is 5.32 Å². The molecule has 2 aliphatic carbocycles. The van der Waals surface area contributed by atoms with Gasteiger partial charge in [0.15, 0.2) is 0 Å². The fourth-order valence-corrected chi connectivity index (χ4v) is 4.62. The summed E-state index contributed by atoms with van der Waals surface area (Å²) in [5.74, 6) is 2.85.